The van der Waals surface area contributed by atoms with Crippen LogP contribution < -0.4 is 10.6 Å². The molecule has 1 aliphatic heterocycles. The number of imide groups is 1. The first-order valence-corrected chi connectivity index (χ1v) is 10.4. The molecule has 1 atom stereocenters. The Bertz CT molecular complexity index is 1250. The standard InChI is InChI=1S/C24H23FN4O3/c1-3-15(2)28-13-16(17-8-4-7-11-21(17)28)12-20-23(31)29(24(32)27-20)14-22(30)26-19-10-6-5-9-18(19)25/h4-13,15H,3,14H2,1-2H3,(H,26,30)(H,27,32)/b20-12+/t15-/m1/s1. The summed E-state index contributed by atoms with van der Waals surface area (Å²) in [6, 6.07) is 13.1. The fourth-order valence-electron chi connectivity index (χ4n) is 3.67. The molecule has 0 saturated carbocycles. The van der Waals surface area contributed by atoms with Gasteiger partial charge in [-0.25, -0.2) is 14.1 Å². The number of nitrogens with one attached hydrogen (secondary N) is 2. The van der Waals surface area contributed by atoms with Gasteiger partial charge in [0, 0.05) is 28.7 Å². The van der Waals surface area contributed by atoms with Crippen molar-refractivity contribution < 1.29 is 18.8 Å². The summed E-state index contributed by atoms with van der Waals surface area (Å²) in [6.45, 7) is 3.69. The first-order valence-electron chi connectivity index (χ1n) is 10.4. The number of nitrogens with zero attached hydrogens (tertiary/aromatic N) is 2. The zero-order valence-corrected chi connectivity index (χ0v) is 17.8. The van der Waals surface area contributed by atoms with Crippen LogP contribution in [-0.2, 0) is 9.59 Å². The van der Waals surface area contributed by atoms with Crippen molar-refractivity contribution in [1.29, 1.82) is 0 Å². The van der Waals surface area contributed by atoms with E-state index in [0.717, 1.165) is 27.8 Å². The molecule has 0 aliphatic carbocycles. The van der Waals surface area contributed by atoms with Crippen LogP contribution in [0.15, 0.2) is 60.4 Å². The second kappa shape index (κ2) is 8.66. The van der Waals surface area contributed by atoms with Gasteiger partial charge in [0.15, 0.2) is 0 Å². The normalized spacial score (nSPS) is 16.0. The Kier molecular flexibility index (Phi) is 5.77. The molecule has 1 aliphatic rings. The maximum absolute atomic E-state index is 13.7. The topological polar surface area (TPSA) is 83.4 Å². The van der Waals surface area contributed by atoms with E-state index in [-0.39, 0.29) is 17.4 Å². The molecule has 4 amide bonds. The Morgan fingerprint density at radius 1 is 1.16 bits per heavy atom. The number of rotatable bonds is 6. The van der Waals surface area contributed by atoms with E-state index in [0.29, 0.717) is 0 Å². The molecule has 32 heavy (non-hydrogen) atoms. The third kappa shape index (κ3) is 3.99. The molecule has 0 spiro atoms. The number of carbonyl (C=O) groups excluding carboxylic acids is 3. The smallest absolute Gasteiger partial charge is 0.329 e. The molecule has 0 bridgehead atoms. The van der Waals surface area contributed by atoms with Crippen LogP contribution in [-0.4, -0.2) is 33.9 Å². The minimum absolute atomic E-state index is 0.0156. The molecule has 2 aromatic carbocycles. The zero-order valence-electron chi connectivity index (χ0n) is 17.8. The van der Waals surface area contributed by atoms with Crippen molar-refractivity contribution in [2.24, 2.45) is 0 Å². The molecule has 3 aromatic rings. The average Bonchev–Trinajstić information content (AvgIpc) is 3.28. The monoisotopic (exact) mass is 434 g/mol. The van der Waals surface area contributed by atoms with Crippen molar-refractivity contribution in [2.45, 2.75) is 26.3 Å². The number of aromatic nitrogens is 1. The van der Waals surface area contributed by atoms with Crippen molar-refractivity contribution >= 4 is 40.5 Å². The fourth-order valence-corrected chi connectivity index (χ4v) is 3.67. The van der Waals surface area contributed by atoms with Crippen LogP contribution >= 0.6 is 0 Å². The Hall–Kier alpha value is -3.94. The number of benzene rings is 2. The number of anilines is 1. The van der Waals surface area contributed by atoms with Gasteiger partial charge in [-0.2, -0.15) is 0 Å². The summed E-state index contributed by atoms with van der Waals surface area (Å²) in [5, 5.41) is 5.87. The van der Waals surface area contributed by atoms with Gasteiger partial charge in [0.2, 0.25) is 5.91 Å². The van der Waals surface area contributed by atoms with Crippen LogP contribution in [0.3, 0.4) is 0 Å². The van der Waals surface area contributed by atoms with Crippen LogP contribution in [0.4, 0.5) is 14.9 Å². The summed E-state index contributed by atoms with van der Waals surface area (Å²) in [5.74, 6) is -1.89. The summed E-state index contributed by atoms with van der Waals surface area (Å²) in [4.78, 5) is 38.3. The van der Waals surface area contributed by atoms with Gasteiger partial charge in [-0.3, -0.25) is 9.59 Å². The molecule has 164 valence electrons. The molecule has 7 nitrogen and oxygen atoms in total. The summed E-state index contributed by atoms with van der Waals surface area (Å²) >= 11 is 0. The van der Waals surface area contributed by atoms with Crippen LogP contribution in [0.5, 0.6) is 0 Å². The maximum Gasteiger partial charge on any atom is 0.329 e. The van der Waals surface area contributed by atoms with Gasteiger partial charge in [-0.05, 0) is 37.6 Å². The molecule has 2 heterocycles. The van der Waals surface area contributed by atoms with Gasteiger partial charge < -0.3 is 15.2 Å². The summed E-state index contributed by atoms with van der Waals surface area (Å²) in [7, 11) is 0. The van der Waals surface area contributed by atoms with E-state index in [1.807, 2.05) is 30.5 Å². The van der Waals surface area contributed by atoms with Crippen molar-refractivity contribution in [3.63, 3.8) is 0 Å². The maximum atomic E-state index is 13.7. The number of halogens is 1. The molecule has 1 fully saturated rings. The van der Waals surface area contributed by atoms with Crippen molar-refractivity contribution in [1.82, 2.24) is 14.8 Å². The van der Waals surface area contributed by atoms with Crippen LogP contribution in [0, 0.1) is 5.82 Å². The SMILES string of the molecule is CC[C@@H](C)n1cc(/C=C2/NC(=O)N(CC(=O)Nc3ccccc3F)C2=O)c2ccccc21. The van der Waals surface area contributed by atoms with E-state index < -0.39 is 30.2 Å². The highest BCUT2D eigenvalue weighted by Crippen LogP contribution is 2.28. The minimum atomic E-state index is -0.699. The van der Waals surface area contributed by atoms with Crippen LogP contribution in [0.25, 0.3) is 17.0 Å². The largest absolute Gasteiger partial charge is 0.344 e. The highest BCUT2D eigenvalue weighted by molar-refractivity contribution is 6.16. The molecule has 8 heteroatoms. The molecule has 1 aromatic heterocycles. The average molecular weight is 434 g/mol. The first kappa shape index (κ1) is 21.3. The highest BCUT2D eigenvalue weighted by atomic mass is 19.1. The quantitative estimate of drug-likeness (QED) is 0.449. The van der Waals surface area contributed by atoms with E-state index in [2.05, 4.69) is 29.0 Å². The van der Waals surface area contributed by atoms with Crippen molar-refractivity contribution in [3.8, 4) is 0 Å². The molecule has 2 N–H and O–H groups in total. The molecule has 1 saturated heterocycles. The number of para-hydroxylation sites is 2. The minimum Gasteiger partial charge on any atom is -0.344 e. The van der Waals surface area contributed by atoms with E-state index >= 15 is 0 Å². The lowest BCUT2D eigenvalue weighted by molar-refractivity contribution is -0.127. The lowest BCUT2D eigenvalue weighted by Crippen LogP contribution is -2.38. The second-order valence-corrected chi connectivity index (χ2v) is 7.67. The van der Waals surface area contributed by atoms with Gasteiger partial charge in [-0.15, -0.1) is 0 Å². The van der Waals surface area contributed by atoms with E-state index in [1.165, 1.54) is 18.2 Å². The summed E-state index contributed by atoms with van der Waals surface area (Å²) < 4.78 is 15.9. The van der Waals surface area contributed by atoms with Gasteiger partial charge >= 0.3 is 6.03 Å². The number of hydrogen-bond acceptors (Lipinski definition) is 3. The molecular formula is C24H23FN4O3. The van der Waals surface area contributed by atoms with Crippen LogP contribution in [0.2, 0.25) is 0 Å². The summed E-state index contributed by atoms with van der Waals surface area (Å²) in [6.07, 6.45) is 4.52. The predicted molar refractivity (Wildman–Crippen MR) is 120 cm³/mol. The van der Waals surface area contributed by atoms with Gasteiger partial charge in [-0.1, -0.05) is 37.3 Å². The Morgan fingerprint density at radius 2 is 1.88 bits per heavy atom. The van der Waals surface area contributed by atoms with E-state index in [9.17, 15) is 18.8 Å². The number of fused-ring (bicyclic) bond motifs is 1. The molecule has 0 radical (unpaired) electrons. The third-order valence-corrected chi connectivity index (χ3v) is 5.55. The molecular weight excluding hydrogens is 411 g/mol. The van der Waals surface area contributed by atoms with Gasteiger partial charge in [0.1, 0.15) is 18.1 Å². The van der Waals surface area contributed by atoms with E-state index in [1.54, 1.807) is 12.1 Å². The number of amides is 4. The molecule has 4 rings (SSSR count). The number of urea groups is 1. The van der Waals surface area contributed by atoms with E-state index in [4.69, 9.17) is 0 Å². The van der Waals surface area contributed by atoms with Gasteiger partial charge in [0.05, 0.1) is 5.69 Å². The highest BCUT2D eigenvalue weighted by Gasteiger charge is 2.35. The van der Waals surface area contributed by atoms with Crippen LogP contribution in [0.1, 0.15) is 31.9 Å². The fraction of sp³-hybridized carbons (Fsp3) is 0.208. The Morgan fingerprint density at radius 3 is 2.62 bits per heavy atom. The number of hydrogen-bond donors (Lipinski definition) is 2. The second-order valence-electron chi connectivity index (χ2n) is 7.67. The Labute approximate surface area is 184 Å². The lowest BCUT2D eigenvalue weighted by Gasteiger charge is -2.12. The first-order chi connectivity index (χ1) is 15.4. The molecule has 0 unspecified atom stereocenters. The number of carbonyl (C=O) groups is 3. The third-order valence-electron chi connectivity index (χ3n) is 5.55. The zero-order chi connectivity index (χ0) is 22.8. The Balaban J connectivity index is 1.57. The van der Waals surface area contributed by atoms with Gasteiger partial charge in [0.25, 0.3) is 5.91 Å². The lowest BCUT2D eigenvalue weighted by atomic mass is 10.1. The van der Waals surface area contributed by atoms with Crippen molar-refractivity contribution in [3.05, 3.63) is 71.8 Å². The predicted octanol–water partition coefficient (Wildman–Crippen LogP) is 4.28. The van der Waals surface area contributed by atoms with Crippen molar-refractivity contribution in [2.75, 3.05) is 11.9 Å². The summed E-state index contributed by atoms with van der Waals surface area (Å²) in [5.41, 5.74) is 1.90.